The highest BCUT2D eigenvalue weighted by Gasteiger charge is 2.35. The third-order valence-corrected chi connectivity index (χ3v) is 6.04. The largest absolute Gasteiger partial charge is 0.435 e. The standard InChI is InChI=1S/C20H19F3N2O3S/c1-14-3-5-15(6-4-14)18-13-19(20(21,22)23)24-25(18)16-7-9-17(10-8-16)29(26,27)12-11-28-2/h3-10,13H,11-12H2,1-2H3. The van der Waals surface area contributed by atoms with Crippen molar-refractivity contribution in [1.82, 2.24) is 9.78 Å². The Morgan fingerprint density at radius 3 is 2.21 bits per heavy atom. The molecule has 3 aromatic rings. The number of nitrogens with zero attached hydrogens (tertiary/aromatic N) is 2. The summed E-state index contributed by atoms with van der Waals surface area (Å²) in [7, 11) is -2.14. The molecule has 0 aliphatic rings. The summed E-state index contributed by atoms with van der Waals surface area (Å²) in [6.45, 7) is 1.93. The maximum absolute atomic E-state index is 13.2. The zero-order valence-electron chi connectivity index (χ0n) is 15.8. The van der Waals surface area contributed by atoms with Crippen molar-refractivity contribution in [2.24, 2.45) is 0 Å². The highest BCUT2D eigenvalue weighted by molar-refractivity contribution is 7.91. The second kappa shape index (κ2) is 8.00. The van der Waals surface area contributed by atoms with Crippen LogP contribution in [0.2, 0.25) is 0 Å². The molecule has 0 aliphatic carbocycles. The molecule has 0 bridgehead atoms. The number of sulfone groups is 1. The number of alkyl halides is 3. The third-order valence-electron chi connectivity index (χ3n) is 4.34. The van der Waals surface area contributed by atoms with Gasteiger partial charge >= 0.3 is 6.18 Å². The van der Waals surface area contributed by atoms with E-state index < -0.39 is 21.7 Å². The first-order valence-corrected chi connectivity index (χ1v) is 10.3. The number of benzene rings is 2. The molecule has 3 rings (SSSR count). The van der Waals surface area contributed by atoms with Crippen LogP contribution in [0.1, 0.15) is 11.3 Å². The van der Waals surface area contributed by atoms with Crippen molar-refractivity contribution < 1.29 is 26.3 Å². The molecular weight excluding hydrogens is 405 g/mol. The summed E-state index contributed by atoms with van der Waals surface area (Å²) in [6, 6.07) is 13.6. The Balaban J connectivity index is 2.05. The zero-order valence-corrected chi connectivity index (χ0v) is 16.6. The first kappa shape index (κ1) is 21.1. The number of aromatic nitrogens is 2. The first-order valence-electron chi connectivity index (χ1n) is 8.68. The summed E-state index contributed by atoms with van der Waals surface area (Å²) in [6.07, 6.45) is -4.60. The molecule has 9 heteroatoms. The van der Waals surface area contributed by atoms with Crippen molar-refractivity contribution in [3.8, 4) is 16.9 Å². The van der Waals surface area contributed by atoms with Crippen molar-refractivity contribution >= 4 is 9.84 Å². The van der Waals surface area contributed by atoms with Crippen LogP contribution in [0.15, 0.2) is 59.5 Å². The molecule has 0 saturated carbocycles. The molecule has 0 unspecified atom stereocenters. The fourth-order valence-electron chi connectivity index (χ4n) is 2.75. The van der Waals surface area contributed by atoms with Gasteiger partial charge in [-0.2, -0.15) is 18.3 Å². The molecule has 0 fully saturated rings. The van der Waals surface area contributed by atoms with Crippen LogP contribution in [0.25, 0.3) is 16.9 Å². The molecule has 0 spiro atoms. The zero-order chi connectivity index (χ0) is 21.2. The minimum absolute atomic E-state index is 0.0513. The van der Waals surface area contributed by atoms with Gasteiger partial charge in [-0.05, 0) is 37.3 Å². The van der Waals surface area contributed by atoms with E-state index >= 15 is 0 Å². The number of aryl methyl sites for hydroxylation is 1. The molecule has 154 valence electrons. The third kappa shape index (κ3) is 4.68. The Morgan fingerprint density at radius 1 is 1.03 bits per heavy atom. The minimum atomic E-state index is -4.60. The Kier molecular flexibility index (Phi) is 5.81. The maximum atomic E-state index is 13.2. The summed E-state index contributed by atoms with van der Waals surface area (Å²) < 4.78 is 70.2. The van der Waals surface area contributed by atoms with E-state index in [1.54, 1.807) is 24.3 Å². The summed E-state index contributed by atoms with van der Waals surface area (Å²) in [5.74, 6) is -0.183. The summed E-state index contributed by atoms with van der Waals surface area (Å²) in [5.41, 5.74) is 1.09. The van der Waals surface area contributed by atoms with Crippen molar-refractivity contribution in [2.45, 2.75) is 18.0 Å². The van der Waals surface area contributed by atoms with E-state index in [0.29, 0.717) is 11.3 Å². The fraction of sp³-hybridized carbons (Fsp3) is 0.250. The molecule has 1 heterocycles. The molecule has 0 aliphatic heterocycles. The number of rotatable bonds is 6. The highest BCUT2D eigenvalue weighted by Crippen LogP contribution is 2.33. The van der Waals surface area contributed by atoms with Crippen molar-refractivity contribution in [2.75, 3.05) is 19.5 Å². The van der Waals surface area contributed by atoms with Crippen LogP contribution in [-0.4, -0.2) is 37.7 Å². The number of methoxy groups -OCH3 is 1. The predicted molar refractivity (Wildman–Crippen MR) is 103 cm³/mol. The van der Waals surface area contributed by atoms with Gasteiger partial charge in [-0.15, -0.1) is 0 Å². The molecule has 1 aromatic heterocycles. The van der Waals surface area contributed by atoms with E-state index in [1.807, 2.05) is 6.92 Å². The van der Waals surface area contributed by atoms with Gasteiger partial charge in [0, 0.05) is 12.7 Å². The Bertz CT molecular complexity index is 1090. The van der Waals surface area contributed by atoms with Crippen LogP contribution in [0.4, 0.5) is 13.2 Å². The first-order chi connectivity index (χ1) is 13.6. The number of ether oxygens (including phenoxy) is 1. The summed E-state index contributed by atoms with van der Waals surface area (Å²) >= 11 is 0. The lowest BCUT2D eigenvalue weighted by molar-refractivity contribution is -0.141. The van der Waals surface area contributed by atoms with Gasteiger partial charge in [-0.3, -0.25) is 0 Å². The lowest BCUT2D eigenvalue weighted by atomic mass is 10.1. The average molecular weight is 424 g/mol. The van der Waals surface area contributed by atoms with Gasteiger partial charge in [-0.25, -0.2) is 13.1 Å². The molecule has 0 N–H and O–H groups in total. The molecule has 29 heavy (non-hydrogen) atoms. The maximum Gasteiger partial charge on any atom is 0.435 e. The van der Waals surface area contributed by atoms with E-state index in [-0.39, 0.29) is 22.9 Å². The van der Waals surface area contributed by atoms with Gasteiger partial charge < -0.3 is 4.74 Å². The minimum Gasteiger partial charge on any atom is -0.384 e. The molecule has 0 amide bonds. The van der Waals surface area contributed by atoms with Crippen LogP contribution < -0.4 is 0 Å². The van der Waals surface area contributed by atoms with Gasteiger partial charge in [0.05, 0.1) is 28.6 Å². The SMILES string of the molecule is COCCS(=O)(=O)c1ccc(-n2nc(C(F)(F)F)cc2-c2ccc(C)cc2)cc1. The second-order valence-electron chi connectivity index (χ2n) is 6.50. The van der Waals surface area contributed by atoms with Gasteiger partial charge in [-0.1, -0.05) is 29.8 Å². The van der Waals surface area contributed by atoms with Gasteiger partial charge in [0.1, 0.15) is 0 Å². The van der Waals surface area contributed by atoms with Crippen LogP contribution in [-0.2, 0) is 20.8 Å². The quantitative estimate of drug-likeness (QED) is 0.592. The van der Waals surface area contributed by atoms with Crippen LogP contribution in [0.5, 0.6) is 0 Å². The highest BCUT2D eigenvalue weighted by atomic mass is 32.2. The number of halogens is 3. The van der Waals surface area contributed by atoms with Crippen molar-refractivity contribution in [3.63, 3.8) is 0 Å². The molecule has 0 radical (unpaired) electrons. The monoisotopic (exact) mass is 424 g/mol. The van der Waals surface area contributed by atoms with E-state index in [0.717, 1.165) is 11.6 Å². The lowest BCUT2D eigenvalue weighted by Crippen LogP contribution is -2.11. The fourth-order valence-corrected chi connectivity index (χ4v) is 3.92. The lowest BCUT2D eigenvalue weighted by Gasteiger charge is -2.09. The van der Waals surface area contributed by atoms with Crippen LogP contribution >= 0.6 is 0 Å². The summed E-state index contributed by atoms with van der Waals surface area (Å²) in [4.78, 5) is 0.0680. The second-order valence-corrected chi connectivity index (χ2v) is 8.61. The van der Waals surface area contributed by atoms with Gasteiger partial charge in [0.2, 0.25) is 0 Å². The van der Waals surface area contributed by atoms with Crippen LogP contribution in [0, 0.1) is 6.92 Å². The van der Waals surface area contributed by atoms with Gasteiger partial charge in [0.15, 0.2) is 15.5 Å². The topological polar surface area (TPSA) is 61.2 Å². The van der Waals surface area contributed by atoms with E-state index in [1.165, 1.54) is 36.1 Å². The van der Waals surface area contributed by atoms with Crippen molar-refractivity contribution in [1.29, 1.82) is 0 Å². The van der Waals surface area contributed by atoms with E-state index in [4.69, 9.17) is 4.74 Å². The molecule has 0 atom stereocenters. The Morgan fingerprint density at radius 2 is 1.66 bits per heavy atom. The molecule has 5 nitrogen and oxygen atoms in total. The Labute approximate surface area is 166 Å². The normalized spacial score (nSPS) is 12.3. The molecule has 0 saturated heterocycles. The number of hydrogen-bond donors (Lipinski definition) is 0. The van der Waals surface area contributed by atoms with Crippen LogP contribution in [0.3, 0.4) is 0 Å². The smallest absolute Gasteiger partial charge is 0.384 e. The van der Waals surface area contributed by atoms with E-state index in [9.17, 15) is 21.6 Å². The summed E-state index contributed by atoms with van der Waals surface area (Å²) in [5, 5.41) is 3.71. The molecular formula is C20H19F3N2O3S. The number of hydrogen-bond acceptors (Lipinski definition) is 4. The molecule has 2 aromatic carbocycles. The predicted octanol–water partition coefficient (Wildman–Crippen LogP) is 4.29. The van der Waals surface area contributed by atoms with E-state index in [2.05, 4.69) is 5.10 Å². The van der Waals surface area contributed by atoms with Gasteiger partial charge in [0.25, 0.3) is 0 Å². The average Bonchev–Trinajstić information content (AvgIpc) is 3.13. The Hall–Kier alpha value is -2.65. The van der Waals surface area contributed by atoms with Crippen molar-refractivity contribution in [3.05, 3.63) is 65.9 Å².